The Bertz CT molecular complexity index is 553. The summed E-state index contributed by atoms with van der Waals surface area (Å²) < 4.78 is 1.75. The Morgan fingerprint density at radius 3 is 3.00 bits per heavy atom. The van der Waals surface area contributed by atoms with Crippen LogP contribution in [-0.4, -0.2) is 25.5 Å². The van der Waals surface area contributed by atoms with Gasteiger partial charge in [-0.05, 0) is 18.6 Å². The van der Waals surface area contributed by atoms with E-state index in [1.54, 1.807) is 16.8 Å². The van der Waals surface area contributed by atoms with Gasteiger partial charge in [-0.25, -0.2) is 14.6 Å². The molecule has 2 aromatic rings. The first-order valence-electron chi connectivity index (χ1n) is 5.72. The van der Waals surface area contributed by atoms with Gasteiger partial charge in [0.25, 0.3) is 0 Å². The third-order valence-electron chi connectivity index (χ3n) is 2.50. The van der Waals surface area contributed by atoms with Gasteiger partial charge in [0.05, 0.1) is 6.42 Å². The summed E-state index contributed by atoms with van der Waals surface area (Å²) >= 11 is 5.76. The summed E-state index contributed by atoms with van der Waals surface area (Å²) in [6, 6.07) is 3.21. The van der Waals surface area contributed by atoms with Gasteiger partial charge in [0.1, 0.15) is 17.3 Å². The topological polar surface area (TPSA) is 60.7 Å². The number of carbonyl (C=O) groups excluding carboxylic acids is 1. The number of carbonyl (C=O) groups is 1. The lowest BCUT2D eigenvalue weighted by Gasteiger charge is -2.04. The molecule has 0 aliphatic rings. The summed E-state index contributed by atoms with van der Waals surface area (Å²) in [5, 5.41) is 4.40. The molecule has 0 aliphatic heterocycles. The third kappa shape index (κ3) is 2.92. The Hall–Kier alpha value is -1.75. The molecule has 2 aromatic heterocycles. The summed E-state index contributed by atoms with van der Waals surface area (Å²) in [6.07, 6.45) is 4.16. The average Bonchev–Trinajstić information content (AvgIpc) is 2.77. The number of hydrogen-bond acceptors (Lipinski definition) is 4. The number of pyridine rings is 1. The molecule has 0 aliphatic carbocycles. The van der Waals surface area contributed by atoms with Crippen LogP contribution >= 0.6 is 11.6 Å². The quantitative estimate of drug-likeness (QED) is 0.613. The fraction of sp³-hybridized carbons (Fsp3) is 0.333. The van der Waals surface area contributed by atoms with Crippen molar-refractivity contribution in [2.45, 2.75) is 26.3 Å². The molecule has 0 saturated heterocycles. The van der Waals surface area contributed by atoms with E-state index in [0.717, 1.165) is 13.0 Å². The second-order valence-electron chi connectivity index (χ2n) is 3.87. The van der Waals surface area contributed by atoms with Crippen molar-refractivity contribution in [3.63, 3.8) is 0 Å². The van der Waals surface area contributed by atoms with Crippen molar-refractivity contribution in [2.24, 2.45) is 0 Å². The van der Waals surface area contributed by atoms with Gasteiger partial charge < -0.3 is 0 Å². The Balaban J connectivity index is 2.14. The van der Waals surface area contributed by atoms with Crippen LogP contribution in [0.5, 0.6) is 0 Å². The summed E-state index contributed by atoms with van der Waals surface area (Å²) in [5.74, 6) is 0.638. The van der Waals surface area contributed by atoms with E-state index in [2.05, 4.69) is 22.0 Å². The molecular weight excluding hydrogens is 252 g/mol. The van der Waals surface area contributed by atoms with Crippen LogP contribution in [0.15, 0.2) is 24.7 Å². The second kappa shape index (κ2) is 5.73. The molecule has 18 heavy (non-hydrogen) atoms. The van der Waals surface area contributed by atoms with E-state index < -0.39 is 0 Å². The third-order valence-corrected chi connectivity index (χ3v) is 2.71. The maximum atomic E-state index is 12.1. The minimum absolute atomic E-state index is 0.0374. The van der Waals surface area contributed by atoms with Crippen molar-refractivity contribution in [3.05, 3.63) is 41.2 Å². The highest BCUT2D eigenvalue weighted by atomic mass is 35.5. The zero-order chi connectivity index (χ0) is 13.0. The normalized spacial score (nSPS) is 10.6. The van der Waals surface area contributed by atoms with Crippen molar-refractivity contribution in [1.82, 2.24) is 19.7 Å². The fourth-order valence-corrected chi connectivity index (χ4v) is 1.82. The lowest BCUT2D eigenvalue weighted by Crippen LogP contribution is -2.11. The predicted octanol–water partition coefficient (Wildman–Crippen LogP) is 2.16. The monoisotopic (exact) mass is 264 g/mol. The van der Waals surface area contributed by atoms with Crippen molar-refractivity contribution < 1.29 is 4.79 Å². The number of rotatable bonds is 5. The van der Waals surface area contributed by atoms with E-state index in [0.29, 0.717) is 16.5 Å². The van der Waals surface area contributed by atoms with E-state index in [1.165, 1.54) is 12.5 Å². The van der Waals surface area contributed by atoms with Crippen molar-refractivity contribution in [1.29, 1.82) is 0 Å². The largest absolute Gasteiger partial charge is 0.294 e. The van der Waals surface area contributed by atoms with Crippen LogP contribution in [0.4, 0.5) is 0 Å². The summed E-state index contributed by atoms with van der Waals surface area (Å²) in [6.45, 7) is 2.82. The highest BCUT2D eigenvalue weighted by Crippen LogP contribution is 2.10. The van der Waals surface area contributed by atoms with E-state index in [-0.39, 0.29) is 12.2 Å². The Morgan fingerprint density at radius 2 is 2.28 bits per heavy atom. The van der Waals surface area contributed by atoms with Crippen molar-refractivity contribution >= 4 is 17.4 Å². The first-order chi connectivity index (χ1) is 8.70. The Kier molecular flexibility index (Phi) is 4.04. The lowest BCUT2D eigenvalue weighted by molar-refractivity contribution is 0.0989. The molecule has 0 N–H and O–H groups in total. The van der Waals surface area contributed by atoms with Gasteiger partial charge in [0, 0.05) is 18.3 Å². The van der Waals surface area contributed by atoms with Gasteiger partial charge in [-0.1, -0.05) is 18.5 Å². The molecule has 2 rings (SSSR count). The molecule has 5 nitrogen and oxygen atoms in total. The van der Waals surface area contributed by atoms with Crippen LogP contribution in [0.1, 0.15) is 29.5 Å². The van der Waals surface area contributed by atoms with Crippen molar-refractivity contribution in [2.75, 3.05) is 0 Å². The first kappa shape index (κ1) is 12.7. The first-order valence-corrected chi connectivity index (χ1v) is 6.10. The Labute approximate surface area is 110 Å². The molecule has 0 amide bonds. The molecule has 6 heteroatoms. The van der Waals surface area contributed by atoms with E-state index in [1.807, 2.05) is 0 Å². The molecule has 0 radical (unpaired) electrons. The predicted molar refractivity (Wildman–Crippen MR) is 67.6 cm³/mol. The van der Waals surface area contributed by atoms with Crippen LogP contribution in [0, 0.1) is 0 Å². The maximum Gasteiger partial charge on any atom is 0.170 e. The van der Waals surface area contributed by atoms with E-state index in [4.69, 9.17) is 11.6 Å². The van der Waals surface area contributed by atoms with Crippen molar-refractivity contribution in [3.8, 4) is 0 Å². The van der Waals surface area contributed by atoms with Gasteiger partial charge in [-0.2, -0.15) is 5.10 Å². The van der Waals surface area contributed by atoms with E-state index >= 15 is 0 Å². The number of hydrogen-bond donors (Lipinski definition) is 0. The SMILES string of the molecule is CCCn1ncnc1CC(=O)c1ccnc(Cl)c1. The highest BCUT2D eigenvalue weighted by Gasteiger charge is 2.12. The number of halogens is 1. The molecule has 0 fully saturated rings. The number of aryl methyl sites for hydroxylation is 1. The van der Waals surface area contributed by atoms with Gasteiger partial charge in [-0.15, -0.1) is 0 Å². The van der Waals surface area contributed by atoms with Crippen LogP contribution in [0.2, 0.25) is 5.15 Å². The van der Waals surface area contributed by atoms with Crippen LogP contribution in [-0.2, 0) is 13.0 Å². The molecule has 0 atom stereocenters. The zero-order valence-corrected chi connectivity index (χ0v) is 10.8. The molecule has 2 heterocycles. The fourth-order valence-electron chi connectivity index (χ4n) is 1.65. The molecule has 0 bridgehead atoms. The molecular formula is C12H13ClN4O. The summed E-state index contributed by atoms with van der Waals surface area (Å²) in [7, 11) is 0. The number of ketones is 1. The van der Waals surface area contributed by atoms with Gasteiger partial charge >= 0.3 is 0 Å². The van der Waals surface area contributed by atoms with Crippen LogP contribution in [0.3, 0.4) is 0 Å². The molecule has 0 saturated carbocycles. The smallest absolute Gasteiger partial charge is 0.170 e. The standard InChI is InChI=1S/C12H13ClN4O/c1-2-5-17-12(15-8-16-17)7-10(18)9-3-4-14-11(13)6-9/h3-4,6,8H,2,5,7H2,1H3. The van der Waals surface area contributed by atoms with E-state index in [9.17, 15) is 4.79 Å². The van der Waals surface area contributed by atoms with Gasteiger partial charge in [-0.3, -0.25) is 4.79 Å². The molecule has 94 valence electrons. The average molecular weight is 265 g/mol. The molecule has 0 spiro atoms. The van der Waals surface area contributed by atoms with Crippen LogP contribution in [0.25, 0.3) is 0 Å². The highest BCUT2D eigenvalue weighted by molar-refractivity contribution is 6.29. The molecule has 0 unspecified atom stereocenters. The van der Waals surface area contributed by atoms with Gasteiger partial charge in [0.15, 0.2) is 5.78 Å². The summed E-state index contributed by atoms with van der Waals surface area (Å²) in [5.41, 5.74) is 0.543. The Morgan fingerprint density at radius 1 is 1.44 bits per heavy atom. The zero-order valence-electron chi connectivity index (χ0n) is 10.0. The van der Waals surface area contributed by atoms with Crippen LogP contribution < -0.4 is 0 Å². The number of nitrogens with zero attached hydrogens (tertiary/aromatic N) is 4. The second-order valence-corrected chi connectivity index (χ2v) is 4.25. The van der Waals surface area contributed by atoms with Gasteiger partial charge in [0.2, 0.25) is 0 Å². The number of aromatic nitrogens is 4. The molecule has 0 aromatic carbocycles. The maximum absolute atomic E-state index is 12.1. The summed E-state index contributed by atoms with van der Waals surface area (Å²) in [4.78, 5) is 20.0. The lowest BCUT2D eigenvalue weighted by atomic mass is 10.1. The minimum Gasteiger partial charge on any atom is -0.294 e. The number of Topliss-reactive ketones (excluding diaryl/α,β-unsaturated/α-hetero) is 1. The minimum atomic E-state index is -0.0374.